The molecule has 0 bridgehead atoms. The van der Waals surface area contributed by atoms with E-state index in [0.29, 0.717) is 11.6 Å². The second-order valence-corrected chi connectivity index (χ2v) is 9.05. The molecule has 0 aliphatic heterocycles. The van der Waals surface area contributed by atoms with Crippen LogP contribution in [0.4, 0.5) is 18.9 Å². The van der Waals surface area contributed by atoms with Gasteiger partial charge in [-0.25, -0.2) is 0 Å². The normalized spacial score (nSPS) is 14.9. The minimum absolute atomic E-state index is 0.0532. The van der Waals surface area contributed by atoms with E-state index in [4.69, 9.17) is 0 Å². The number of rotatable bonds is 7. The molecule has 0 radical (unpaired) electrons. The number of aromatic nitrogens is 3. The summed E-state index contributed by atoms with van der Waals surface area (Å²) in [6, 6.07) is 15.3. The van der Waals surface area contributed by atoms with Crippen LogP contribution >= 0.6 is 11.8 Å². The Bertz CT molecular complexity index is 1080. The van der Waals surface area contributed by atoms with E-state index >= 15 is 0 Å². The van der Waals surface area contributed by atoms with E-state index in [9.17, 15) is 18.0 Å². The van der Waals surface area contributed by atoms with E-state index in [-0.39, 0.29) is 17.5 Å². The molecular weight excluding hydrogens is 449 g/mol. The molecule has 9 heteroatoms. The SMILES string of the molecule is O=C(CSc1nnc(Cc2ccccc2)n1C1CCCCC1)Nc1ccccc1C(F)(F)F. The lowest BCUT2D eigenvalue weighted by molar-refractivity contribution is -0.137. The Balaban J connectivity index is 1.49. The molecular formula is C24H25F3N4OS. The molecule has 1 heterocycles. The summed E-state index contributed by atoms with van der Waals surface area (Å²) in [5.41, 5.74) is 0.0213. The first-order valence-electron chi connectivity index (χ1n) is 11.0. The number of amides is 1. The van der Waals surface area contributed by atoms with Gasteiger partial charge in [-0.2, -0.15) is 13.2 Å². The van der Waals surface area contributed by atoms with Gasteiger partial charge in [-0.15, -0.1) is 10.2 Å². The number of nitrogens with zero attached hydrogens (tertiary/aromatic N) is 3. The number of thioether (sulfide) groups is 1. The number of nitrogens with one attached hydrogen (secondary N) is 1. The van der Waals surface area contributed by atoms with Crippen molar-refractivity contribution in [2.24, 2.45) is 0 Å². The van der Waals surface area contributed by atoms with Crippen molar-refractivity contribution < 1.29 is 18.0 Å². The van der Waals surface area contributed by atoms with Gasteiger partial charge >= 0.3 is 6.18 Å². The van der Waals surface area contributed by atoms with Crippen LogP contribution in [-0.2, 0) is 17.4 Å². The van der Waals surface area contributed by atoms with Crippen LogP contribution in [0.5, 0.6) is 0 Å². The highest BCUT2D eigenvalue weighted by molar-refractivity contribution is 7.99. The number of carbonyl (C=O) groups is 1. The zero-order chi connectivity index (χ0) is 23.3. The summed E-state index contributed by atoms with van der Waals surface area (Å²) in [5, 5.41) is 11.8. The van der Waals surface area contributed by atoms with Gasteiger partial charge in [-0.05, 0) is 30.5 Å². The van der Waals surface area contributed by atoms with E-state index in [0.717, 1.165) is 43.1 Å². The number of para-hydroxylation sites is 1. The summed E-state index contributed by atoms with van der Waals surface area (Å²) < 4.78 is 41.8. The van der Waals surface area contributed by atoms with Crippen LogP contribution in [0, 0.1) is 0 Å². The molecule has 1 aromatic heterocycles. The van der Waals surface area contributed by atoms with E-state index in [1.807, 2.05) is 30.3 Å². The van der Waals surface area contributed by atoms with Crippen LogP contribution < -0.4 is 5.32 Å². The summed E-state index contributed by atoms with van der Waals surface area (Å²) in [4.78, 5) is 12.5. The Morgan fingerprint density at radius 3 is 2.42 bits per heavy atom. The van der Waals surface area contributed by atoms with Crippen molar-refractivity contribution in [2.45, 2.75) is 55.9 Å². The average molecular weight is 475 g/mol. The Kier molecular flexibility index (Phi) is 7.37. The predicted octanol–water partition coefficient (Wildman–Crippen LogP) is 6.12. The molecule has 174 valence electrons. The zero-order valence-electron chi connectivity index (χ0n) is 18.0. The molecule has 1 aliphatic rings. The summed E-state index contributed by atoms with van der Waals surface area (Å²) in [6.07, 6.45) is 1.62. The lowest BCUT2D eigenvalue weighted by Crippen LogP contribution is -2.19. The molecule has 1 aliphatic carbocycles. The summed E-state index contributed by atoms with van der Waals surface area (Å²) in [7, 11) is 0. The van der Waals surface area contributed by atoms with Crippen molar-refractivity contribution in [1.82, 2.24) is 14.8 Å². The lowest BCUT2D eigenvalue weighted by Gasteiger charge is -2.25. The van der Waals surface area contributed by atoms with Gasteiger partial charge in [-0.3, -0.25) is 4.79 Å². The molecule has 0 unspecified atom stereocenters. The topological polar surface area (TPSA) is 59.8 Å². The number of halogens is 3. The second kappa shape index (κ2) is 10.4. The lowest BCUT2D eigenvalue weighted by atomic mass is 9.95. The van der Waals surface area contributed by atoms with Crippen molar-refractivity contribution in [3.63, 3.8) is 0 Å². The minimum Gasteiger partial charge on any atom is -0.325 e. The number of hydrogen-bond acceptors (Lipinski definition) is 4. The molecule has 0 spiro atoms. The first-order valence-corrected chi connectivity index (χ1v) is 12.0. The maximum atomic E-state index is 13.2. The Hall–Kier alpha value is -2.81. The van der Waals surface area contributed by atoms with Crippen molar-refractivity contribution in [3.8, 4) is 0 Å². The van der Waals surface area contributed by atoms with Crippen LogP contribution in [0.3, 0.4) is 0 Å². The van der Waals surface area contributed by atoms with Gasteiger partial charge in [0.25, 0.3) is 0 Å². The molecule has 1 N–H and O–H groups in total. The number of alkyl halides is 3. The van der Waals surface area contributed by atoms with Crippen LogP contribution in [0.25, 0.3) is 0 Å². The van der Waals surface area contributed by atoms with Gasteiger partial charge < -0.3 is 9.88 Å². The van der Waals surface area contributed by atoms with Crippen molar-refractivity contribution in [3.05, 3.63) is 71.5 Å². The third-order valence-electron chi connectivity index (χ3n) is 5.72. The number of anilines is 1. The van der Waals surface area contributed by atoms with Gasteiger partial charge in [0.1, 0.15) is 5.82 Å². The molecule has 1 amide bonds. The highest BCUT2D eigenvalue weighted by Gasteiger charge is 2.33. The van der Waals surface area contributed by atoms with Crippen molar-refractivity contribution in [1.29, 1.82) is 0 Å². The molecule has 1 saturated carbocycles. The van der Waals surface area contributed by atoms with Gasteiger partial charge in [0.05, 0.1) is 17.0 Å². The molecule has 3 aromatic rings. The second-order valence-electron chi connectivity index (χ2n) is 8.10. The number of carbonyl (C=O) groups excluding carboxylic acids is 1. The fourth-order valence-electron chi connectivity index (χ4n) is 4.17. The van der Waals surface area contributed by atoms with Gasteiger partial charge in [0.2, 0.25) is 5.91 Å². The van der Waals surface area contributed by atoms with Crippen molar-refractivity contribution >= 4 is 23.4 Å². The molecule has 0 saturated heterocycles. The molecule has 33 heavy (non-hydrogen) atoms. The molecule has 0 atom stereocenters. The fourth-order valence-corrected chi connectivity index (χ4v) is 4.99. The van der Waals surface area contributed by atoms with Crippen LogP contribution in [0.15, 0.2) is 59.8 Å². The highest BCUT2D eigenvalue weighted by atomic mass is 32.2. The third-order valence-corrected chi connectivity index (χ3v) is 6.66. The van der Waals surface area contributed by atoms with Gasteiger partial charge in [0, 0.05) is 12.5 Å². The summed E-state index contributed by atoms with van der Waals surface area (Å²) in [5.74, 6) is 0.278. The fraction of sp³-hybridized carbons (Fsp3) is 0.375. The largest absolute Gasteiger partial charge is 0.418 e. The highest BCUT2D eigenvalue weighted by Crippen LogP contribution is 2.35. The van der Waals surface area contributed by atoms with Crippen LogP contribution in [0.2, 0.25) is 0 Å². The van der Waals surface area contributed by atoms with Crippen LogP contribution in [-0.4, -0.2) is 26.4 Å². The Morgan fingerprint density at radius 1 is 1.00 bits per heavy atom. The number of hydrogen-bond donors (Lipinski definition) is 1. The van der Waals surface area contributed by atoms with Crippen molar-refractivity contribution in [2.75, 3.05) is 11.1 Å². The summed E-state index contributed by atoms with van der Waals surface area (Å²) >= 11 is 1.21. The van der Waals surface area contributed by atoms with Gasteiger partial charge in [-0.1, -0.05) is 73.5 Å². The maximum Gasteiger partial charge on any atom is 0.418 e. The first kappa shape index (κ1) is 23.4. The molecule has 4 rings (SSSR count). The smallest absolute Gasteiger partial charge is 0.325 e. The monoisotopic (exact) mass is 474 g/mol. The van der Waals surface area contributed by atoms with E-state index in [1.165, 1.54) is 36.4 Å². The van der Waals surface area contributed by atoms with E-state index in [2.05, 4.69) is 20.1 Å². The molecule has 1 fully saturated rings. The minimum atomic E-state index is -4.54. The zero-order valence-corrected chi connectivity index (χ0v) is 18.8. The Morgan fingerprint density at radius 2 is 1.70 bits per heavy atom. The van der Waals surface area contributed by atoms with Crippen LogP contribution in [0.1, 0.15) is 55.1 Å². The molecule has 5 nitrogen and oxygen atoms in total. The summed E-state index contributed by atoms with van der Waals surface area (Å²) in [6.45, 7) is 0. The number of benzene rings is 2. The third kappa shape index (κ3) is 5.96. The van der Waals surface area contributed by atoms with Gasteiger partial charge in [0.15, 0.2) is 5.16 Å². The first-order chi connectivity index (χ1) is 15.9. The molecule has 2 aromatic carbocycles. The van der Waals surface area contributed by atoms with E-state index < -0.39 is 17.6 Å². The standard InChI is InChI=1S/C24H25F3N4OS/c25-24(26,27)19-13-7-8-14-20(19)28-22(32)16-33-23-30-29-21(15-17-9-3-1-4-10-17)31(23)18-11-5-2-6-12-18/h1,3-4,7-10,13-14,18H,2,5-6,11-12,15-16H2,(H,28,32). The quantitative estimate of drug-likeness (QED) is 0.419. The maximum absolute atomic E-state index is 13.2. The van der Waals surface area contributed by atoms with E-state index in [1.54, 1.807) is 0 Å². The predicted molar refractivity (Wildman–Crippen MR) is 122 cm³/mol. The average Bonchev–Trinajstić information content (AvgIpc) is 3.21. The Labute approximate surface area is 194 Å².